The maximum atomic E-state index is 14.8. The number of rotatable bonds is 12. The number of unbranched alkanes of at least 4 members (excludes halogenated alkanes) is 1. The van der Waals surface area contributed by atoms with Crippen molar-refractivity contribution in [3.8, 4) is 11.3 Å². The fourth-order valence-corrected chi connectivity index (χ4v) is 9.76. The van der Waals surface area contributed by atoms with Crippen molar-refractivity contribution < 1.29 is 48.0 Å². The van der Waals surface area contributed by atoms with Gasteiger partial charge in [0.1, 0.15) is 23.9 Å². The van der Waals surface area contributed by atoms with Crippen LogP contribution in [0.15, 0.2) is 37.1 Å². The van der Waals surface area contributed by atoms with E-state index in [0.717, 1.165) is 11.3 Å². The highest BCUT2D eigenvalue weighted by molar-refractivity contribution is 6.00. The van der Waals surface area contributed by atoms with E-state index in [9.17, 15) is 24.3 Å². The third-order valence-electron chi connectivity index (χ3n) is 13.3. The van der Waals surface area contributed by atoms with Gasteiger partial charge in [-0.05, 0) is 83.8 Å². The van der Waals surface area contributed by atoms with E-state index in [1.54, 1.807) is 44.4 Å². The quantitative estimate of drug-likeness (QED) is 0.138. The maximum absolute atomic E-state index is 14.8. The minimum atomic E-state index is -1.40. The molecule has 3 aliphatic rings. The number of hydrogen-bond donors (Lipinski definition) is 1. The smallest absolute Gasteiger partial charge is 0.410 e. The van der Waals surface area contributed by atoms with E-state index in [0.29, 0.717) is 45.2 Å². The van der Waals surface area contributed by atoms with Crippen LogP contribution in [-0.4, -0.2) is 110 Å². The van der Waals surface area contributed by atoms with Crippen LogP contribution in [0.5, 0.6) is 0 Å². The minimum absolute atomic E-state index is 0.113. The molecule has 1 N–H and O–H groups in total. The molecule has 0 spiro atoms. The Morgan fingerprint density at radius 3 is 2.37 bits per heavy atom. The molecular formula is C45H68N4O10. The highest BCUT2D eigenvalue weighted by Crippen LogP contribution is 2.44. The summed E-state index contributed by atoms with van der Waals surface area (Å²) in [5.41, 5.74) is -0.915. The average molecular weight is 825 g/mol. The van der Waals surface area contributed by atoms with E-state index in [1.165, 1.54) is 14.0 Å². The third kappa shape index (κ3) is 9.92. The van der Waals surface area contributed by atoms with Gasteiger partial charge in [0.05, 0.1) is 35.9 Å². The molecule has 2 aromatic heterocycles. The molecule has 14 nitrogen and oxygen atoms in total. The van der Waals surface area contributed by atoms with Crippen LogP contribution in [0.2, 0.25) is 0 Å². The lowest BCUT2D eigenvalue weighted by molar-refractivity contribution is -0.299. The van der Waals surface area contributed by atoms with Crippen LogP contribution in [0.4, 0.5) is 4.79 Å². The molecule has 2 aromatic rings. The maximum Gasteiger partial charge on any atom is 0.410 e. The summed E-state index contributed by atoms with van der Waals surface area (Å²) in [4.78, 5) is 67.5. The second-order valence-electron chi connectivity index (χ2n) is 18.1. The summed E-state index contributed by atoms with van der Waals surface area (Å²) in [6.07, 6.45) is 5.43. The summed E-state index contributed by atoms with van der Waals surface area (Å²) < 4.78 is 33.5. The number of pyridine rings is 1. The van der Waals surface area contributed by atoms with Crippen LogP contribution in [-0.2, 0) is 44.6 Å². The standard InChI is InChI=1S/C45H68N4O10/c1-12-16-35-45(10)39(49(43(54)59-45)20-14-13-19-48-24-34(47-25-48)32-17-15-18-46-23-32)29(6)36(50)27(4)22-44(9,55-11)40(30(7)37(51)31(8)41(53)57-35)58-42-38(52)33(26(2)3)21-28(5)56-42/h15,17-18,23-31,33,35,38-40,42,52H,12-14,16,19-22H2,1-11H3/t27-,28-,29+,30+,31-,33-,35?,38-,39+,40?,42+,44-,45-/m1/s1. The molecule has 3 saturated heterocycles. The molecule has 0 radical (unpaired) electrons. The number of carbonyl (C=O) groups excluding carboxylic acids is 4. The number of nitrogens with zero attached hydrogens (tertiary/aromatic N) is 4. The number of ketones is 2. The van der Waals surface area contributed by atoms with Crippen molar-refractivity contribution in [1.82, 2.24) is 19.4 Å². The molecule has 3 aliphatic heterocycles. The number of carbonyl (C=O) groups is 4. The molecule has 1 amide bonds. The van der Waals surface area contributed by atoms with E-state index in [4.69, 9.17) is 23.7 Å². The molecule has 13 atom stereocenters. The summed E-state index contributed by atoms with van der Waals surface area (Å²) in [7, 11) is 1.51. The summed E-state index contributed by atoms with van der Waals surface area (Å²) in [5, 5.41) is 11.5. The number of aromatic nitrogens is 3. The number of hydrogen-bond acceptors (Lipinski definition) is 12. The predicted molar refractivity (Wildman–Crippen MR) is 220 cm³/mol. The molecule has 59 heavy (non-hydrogen) atoms. The molecule has 3 fully saturated rings. The third-order valence-corrected chi connectivity index (χ3v) is 13.3. The summed E-state index contributed by atoms with van der Waals surface area (Å²) >= 11 is 0. The first-order valence-corrected chi connectivity index (χ1v) is 21.6. The molecule has 0 aliphatic carbocycles. The van der Waals surface area contributed by atoms with E-state index in [1.807, 2.05) is 64.4 Å². The Kier molecular flexibility index (Phi) is 15.2. The zero-order chi connectivity index (χ0) is 43.4. The molecule has 0 aromatic carbocycles. The molecular weight excluding hydrogens is 757 g/mol. The van der Waals surface area contributed by atoms with Crippen molar-refractivity contribution in [3.63, 3.8) is 0 Å². The van der Waals surface area contributed by atoms with Gasteiger partial charge in [0.2, 0.25) is 0 Å². The van der Waals surface area contributed by atoms with E-state index < -0.39 is 83.4 Å². The second-order valence-corrected chi connectivity index (χ2v) is 18.1. The average Bonchev–Trinajstić information content (AvgIpc) is 3.79. The van der Waals surface area contributed by atoms with Gasteiger partial charge < -0.3 is 38.3 Å². The Morgan fingerprint density at radius 1 is 1.02 bits per heavy atom. The van der Waals surface area contributed by atoms with E-state index in [-0.39, 0.29) is 30.1 Å². The number of Topliss-reactive ketones (excluding diaryl/α,β-unsaturated/α-hetero) is 2. The molecule has 2 unspecified atom stereocenters. The van der Waals surface area contributed by atoms with Gasteiger partial charge in [0.15, 0.2) is 17.7 Å². The predicted octanol–water partition coefficient (Wildman–Crippen LogP) is 6.66. The van der Waals surface area contributed by atoms with Crippen molar-refractivity contribution in [2.24, 2.45) is 35.5 Å². The summed E-state index contributed by atoms with van der Waals surface area (Å²) in [6.45, 7) is 19.3. The van der Waals surface area contributed by atoms with Gasteiger partial charge in [-0.15, -0.1) is 0 Å². The number of amides is 1. The van der Waals surface area contributed by atoms with Gasteiger partial charge in [-0.3, -0.25) is 19.4 Å². The largest absolute Gasteiger partial charge is 0.457 e. The first-order chi connectivity index (χ1) is 27.9. The number of aliphatic hydroxyl groups excluding tert-OH is 1. The fraction of sp³-hybridized carbons (Fsp3) is 0.733. The Bertz CT molecular complexity index is 1750. The van der Waals surface area contributed by atoms with E-state index in [2.05, 4.69) is 9.97 Å². The Morgan fingerprint density at radius 2 is 1.73 bits per heavy atom. The number of fused-ring (bicyclic) bond motifs is 1. The number of imidazole rings is 1. The van der Waals surface area contributed by atoms with Crippen LogP contribution in [0.25, 0.3) is 11.3 Å². The number of aliphatic hydroxyl groups is 1. The molecule has 0 bridgehead atoms. The van der Waals surface area contributed by atoms with Crippen molar-refractivity contribution in [1.29, 1.82) is 0 Å². The highest BCUT2D eigenvalue weighted by Gasteiger charge is 2.60. The van der Waals surface area contributed by atoms with Crippen molar-refractivity contribution in [2.75, 3.05) is 13.7 Å². The van der Waals surface area contributed by atoms with Crippen molar-refractivity contribution in [3.05, 3.63) is 37.1 Å². The normalized spacial score (nSPS) is 36.3. The second kappa shape index (κ2) is 19.3. The minimum Gasteiger partial charge on any atom is -0.457 e. The van der Waals surface area contributed by atoms with Gasteiger partial charge in [-0.1, -0.05) is 48.0 Å². The number of ether oxygens (including phenoxy) is 5. The van der Waals surface area contributed by atoms with E-state index >= 15 is 0 Å². The van der Waals surface area contributed by atoms with Crippen LogP contribution in [0, 0.1) is 35.5 Å². The number of methoxy groups -OCH3 is 1. The van der Waals surface area contributed by atoms with Crippen LogP contribution < -0.4 is 0 Å². The summed E-state index contributed by atoms with van der Waals surface area (Å²) in [5.74, 6) is -4.84. The lowest BCUT2D eigenvalue weighted by Crippen LogP contribution is -2.59. The number of cyclic esters (lactones) is 1. The Balaban J connectivity index is 1.45. The molecule has 328 valence electrons. The van der Waals surface area contributed by atoms with Gasteiger partial charge in [-0.25, -0.2) is 9.78 Å². The monoisotopic (exact) mass is 824 g/mol. The van der Waals surface area contributed by atoms with Crippen molar-refractivity contribution >= 4 is 23.6 Å². The summed E-state index contributed by atoms with van der Waals surface area (Å²) in [6, 6.07) is 3.04. The first kappa shape index (κ1) is 46.3. The van der Waals surface area contributed by atoms with Gasteiger partial charge in [0, 0.05) is 62.1 Å². The van der Waals surface area contributed by atoms with Crippen LogP contribution in [0.3, 0.4) is 0 Å². The Labute approximate surface area is 350 Å². The van der Waals surface area contributed by atoms with Gasteiger partial charge in [0.25, 0.3) is 0 Å². The molecule has 5 rings (SSSR count). The van der Waals surface area contributed by atoms with Crippen LogP contribution >= 0.6 is 0 Å². The highest BCUT2D eigenvalue weighted by atomic mass is 16.7. The molecule has 14 heteroatoms. The zero-order valence-electron chi connectivity index (χ0n) is 37.0. The van der Waals surface area contributed by atoms with Gasteiger partial charge >= 0.3 is 12.1 Å². The lowest BCUT2D eigenvalue weighted by atomic mass is 9.73. The zero-order valence-corrected chi connectivity index (χ0v) is 37.0. The molecule has 0 saturated carbocycles. The Hall–Kier alpha value is -3.72. The van der Waals surface area contributed by atoms with Crippen LogP contribution in [0.1, 0.15) is 108 Å². The number of aryl methyl sites for hydroxylation is 1. The lowest BCUT2D eigenvalue weighted by Gasteiger charge is -2.47. The SMILES string of the molecule is CCCC1OC(=O)[C@H](C)C(=O)[C@H](C)C(O[C@@H]2O[C@H](C)C[C@H](C(C)C)[C@H]2O)[C@](C)(OC)C[C@@H](C)C(=O)[C@H](C)[C@@H]2N(CCCCn3cnc(-c4cccnc4)c3)C(=O)O[C@]12C. The fourth-order valence-electron chi connectivity index (χ4n) is 9.76. The number of esters is 1. The first-order valence-electron chi connectivity index (χ1n) is 21.6. The topological polar surface area (TPSA) is 169 Å². The van der Waals surface area contributed by atoms with Crippen molar-refractivity contribution in [2.45, 2.75) is 162 Å². The van der Waals surface area contributed by atoms with Gasteiger partial charge in [-0.2, -0.15) is 0 Å². The molecule has 5 heterocycles.